The first-order valence-corrected chi connectivity index (χ1v) is 8.60. The molecule has 0 aromatic carbocycles. The normalized spacial score (nSPS) is 23.9. The lowest BCUT2D eigenvalue weighted by molar-refractivity contribution is -0.146. The number of pyridine rings is 1. The zero-order valence-electron chi connectivity index (χ0n) is 13.3. The molecule has 1 N–H and O–H groups in total. The fourth-order valence-electron chi connectivity index (χ4n) is 3.90. The first-order valence-electron chi connectivity index (χ1n) is 7.85. The Bertz CT molecular complexity index is 654. The van der Waals surface area contributed by atoms with Crippen molar-refractivity contribution in [3.63, 3.8) is 0 Å². The van der Waals surface area contributed by atoms with Crippen LogP contribution in [0.15, 0.2) is 12.4 Å². The van der Waals surface area contributed by atoms with Crippen LogP contribution in [0.5, 0.6) is 0 Å². The van der Waals surface area contributed by atoms with Gasteiger partial charge in [0.1, 0.15) is 0 Å². The van der Waals surface area contributed by atoms with E-state index in [2.05, 4.69) is 9.88 Å². The Labute approximate surface area is 150 Å². The lowest BCUT2D eigenvalue weighted by Crippen LogP contribution is -2.55. The van der Waals surface area contributed by atoms with Gasteiger partial charge in [-0.15, -0.1) is 0 Å². The summed E-state index contributed by atoms with van der Waals surface area (Å²) in [6, 6.07) is 0. The largest absolute Gasteiger partial charge is 0.481 e. The van der Waals surface area contributed by atoms with Crippen molar-refractivity contribution in [3.05, 3.63) is 28.0 Å². The van der Waals surface area contributed by atoms with Gasteiger partial charge in [0.2, 0.25) is 5.91 Å². The maximum atomic E-state index is 12.0. The van der Waals surface area contributed by atoms with Gasteiger partial charge in [0.05, 0.1) is 21.5 Å². The van der Waals surface area contributed by atoms with Gasteiger partial charge in [0.15, 0.2) is 0 Å². The van der Waals surface area contributed by atoms with E-state index in [1.54, 1.807) is 24.3 Å². The summed E-state index contributed by atoms with van der Waals surface area (Å²) in [6.45, 7) is 1.97. The van der Waals surface area contributed by atoms with E-state index in [4.69, 9.17) is 23.2 Å². The molecule has 0 saturated carbocycles. The highest BCUT2D eigenvalue weighted by molar-refractivity contribution is 6.35. The maximum Gasteiger partial charge on any atom is 0.309 e. The third kappa shape index (κ3) is 2.87. The van der Waals surface area contributed by atoms with E-state index in [0.29, 0.717) is 42.5 Å². The SMILES string of the molecule is CN1C(=O)C[C@H](C(=O)O)C12CCN(Cc1c(Cl)cncc1Cl)CC2. The minimum Gasteiger partial charge on any atom is -0.481 e. The summed E-state index contributed by atoms with van der Waals surface area (Å²) in [5.74, 6) is -1.61. The van der Waals surface area contributed by atoms with Gasteiger partial charge in [0.25, 0.3) is 0 Å². The lowest BCUT2D eigenvalue weighted by Gasteiger charge is -2.45. The summed E-state index contributed by atoms with van der Waals surface area (Å²) >= 11 is 12.3. The highest BCUT2D eigenvalue weighted by Gasteiger charge is 2.55. The number of rotatable bonds is 3. The molecule has 6 nitrogen and oxygen atoms in total. The van der Waals surface area contributed by atoms with E-state index in [1.165, 1.54) is 0 Å². The number of carboxylic acid groups (broad SMARTS) is 1. The van der Waals surface area contributed by atoms with Gasteiger partial charge in [-0.3, -0.25) is 19.5 Å². The van der Waals surface area contributed by atoms with Crippen LogP contribution in [0.25, 0.3) is 0 Å². The summed E-state index contributed by atoms with van der Waals surface area (Å²) in [6.07, 6.45) is 4.49. The van der Waals surface area contributed by atoms with Crippen molar-refractivity contribution in [1.82, 2.24) is 14.8 Å². The van der Waals surface area contributed by atoms with Crippen molar-refractivity contribution < 1.29 is 14.7 Å². The molecule has 1 aromatic rings. The van der Waals surface area contributed by atoms with Crippen LogP contribution in [0.3, 0.4) is 0 Å². The molecule has 1 amide bonds. The average Bonchev–Trinajstić information content (AvgIpc) is 2.78. The van der Waals surface area contributed by atoms with Crippen molar-refractivity contribution in [2.24, 2.45) is 5.92 Å². The summed E-state index contributed by atoms with van der Waals surface area (Å²) in [5, 5.41) is 10.6. The zero-order valence-corrected chi connectivity index (χ0v) is 14.8. The first kappa shape index (κ1) is 17.5. The molecule has 1 atom stereocenters. The first-order chi connectivity index (χ1) is 11.3. The zero-order chi connectivity index (χ0) is 17.5. The van der Waals surface area contributed by atoms with Gasteiger partial charge < -0.3 is 10.0 Å². The van der Waals surface area contributed by atoms with Gasteiger partial charge >= 0.3 is 5.97 Å². The van der Waals surface area contributed by atoms with Crippen LogP contribution in [0, 0.1) is 5.92 Å². The van der Waals surface area contributed by atoms with Crippen LogP contribution in [0.4, 0.5) is 0 Å². The molecule has 24 heavy (non-hydrogen) atoms. The number of piperidine rings is 1. The monoisotopic (exact) mass is 371 g/mol. The molecular formula is C16H19Cl2N3O3. The van der Waals surface area contributed by atoms with Crippen LogP contribution in [0.2, 0.25) is 10.0 Å². The molecule has 1 aromatic heterocycles. The van der Waals surface area contributed by atoms with E-state index in [1.807, 2.05) is 0 Å². The van der Waals surface area contributed by atoms with Gasteiger partial charge in [-0.1, -0.05) is 23.2 Å². The molecule has 3 rings (SSSR count). The number of carboxylic acids is 1. The molecule has 2 saturated heterocycles. The number of amides is 1. The molecule has 2 fully saturated rings. The fraction of sp³-hybridized carbons (Fsp3) is 0.562. The summed E-state index contributed by atoms with van der Waals surface area (Å²) in [5.41, 5.74) is 0.251. The summed E-state index contributed by atoms with van der Waals surface area (Å²) in [7, 11) is 1.72. The number of hydrogen-bond donors (Lipinski definition) is 1. The number of carbonyl (C=O) groups excluding carboxylic acids is 1. The molecule has 2 aliphatic heterocycles. The second-order valence-electron chi connectivity index (χ2n) is 6.51. The standard InChI is InChI=1S/C16H19Cl2N3O3/c1-20-14(22)6-11(15(23)24)16(20)2-4-21(5-3-16)9-10-12(17)7-19-8-13(10)18/h7-8,11H,2-6,9H2,1H3,(H,23,24)/t11-/m1/s1. The van der Waals surface area contributed by atoms with Crippen LogP contribution >= 0.6 is 23.2 Å². The topological polar surface area (TPSA) is 73.7 Å². The van der Waals surface area contributed by atoms with Crippen molar-refractivity contribution >= 4 is 35.1 Å². The molecule has 0 bridgehead atoms. The van der Waals surface area contributed by atoms with Gasteiger partial charge in [-0.25, -0.2) is 0 Å². The summed E-state index contributed by atoms with van der Waals surface area (Å²) in [4.78, 5) is 31.4. The number of hydrogen-bond acceptors (Lipinski definition) is 4. The van der Waals surface area contributed by atoms with Gasteiger partial charge in [-0.2, -0.15) is 0 Å². The molecule has 1 spiro atoms. The Morgan fingerprint density at radius 1 is 1.33 bits per heavy atom. The molecule has 8 heteroatoms. The molecule has 0 unspecified atom stereocenters. The number of carbonyl (C=O) groups is 2. The molecule has 3 heterocycles. The van der Waals surface area contributed by atoms with Crippen LogP contribution in [0.1, 0.15) is 24.8 Å². The highest BCUT2D eigenvalue weighted by Crippen LogP contribution is 2.43. The molecule has 0 aliphatic carbocycles. The number of halogens is 2. The Balaban J connectivity index is 1.73. The second-order valence-corrected chi connectivity index (χ2v) is 7.32. The smallest absolute Gasteiger partial charge is 0.309 e. The van der Waals surface area contributed by atoms with E-state index >= 15 is 0 Å². The van der Waals surface area contributed by atoms with Crippen molar-refractivity contribution in [1.29, 1.82) is 0 Å². The molecular weight excluding hydrogens is 353 g/mol. The van der Waals surface area contributed by atoms with Crippen LogP contribution < -0.4 is 0 Å². The van der Waals surface area contributed by atoms with E-state index in [0.717, 1.165) is 5.56 Å². The lowest BCUT2D eigenvalue weighted by atomic mass is 9.77. The predicted molar refractivity (Wildman–Crippen MR) is 90.0 cm³/mol. The third-order valence-corrected chi connectivity index (χ3v) is 6.07. The minimum atomic E-state index is -0.888. The summed E-state index contributed by atoms with van der Waals surface area (Å²) < 4.78 is 0. The van der Waals surface area contributed by atoms with Crippen LogP contribution in [-0.4, -0.2) is 57.4 Å². The van der Waals surface area contributed by atoms with Gasteiger partial charge in [-0.05, 0) is 12.8 Å². The van der Waals surface area contributed by atoms with Crippen molar-refractivity contribution in [2.75, 3.05) is 20.1 Å². The fourth-order valence-corrected chi connectivity index (χ4v) is 4.38. The second kappa shape index (κ2) is 6.50. The predicted octanol–water partition coefficient (Wildman–Crippen LogP) is 2.29. The average molecular weight is 372 g/mol. The maximum absolute atomic E-state index is 12.0. The molecule has 2 aliphatic rings. The highest BCUT2D eigenvalue weighted by atomic mass is 35.5. The Kier molecular flexibility index (Phi) is 4.73. The Morgan fingerprint density at radius 3 is 2.46 bits per heavy atom. The van der Waals surface area contributed by atoms with Crippen LogP contribution in [-0.2, 0) is 16.1 Å². The minimum absolute atomic E-state index is 0.0870. The Morgan fingerprint density at radius 2 is 1.92 bits per heavy atom. The number of likely N-dealkylation sites (tertiary alicyclic amines) is 2. The number of aromatic nitrogens is 1. The van der Waals surface area contributed by atoms with Crippen molar-refractivity contribution in [2.45, 2.75) is 31.3 Å². The van der Waals surface area contributed by atoms with Crippen molar-refractivity contribution in [3.8, 4) is 0 Å². The quantitative estimate of drug-likeness (QED) is 0.881. The molecule has 130 valence electrons. The number of aliphatic carboxylic acids is 1. The van der Waals surface area contributed by atoms with Gasteiger partial charge in [0, 0.05) is 51.1 Å². The van der Waals surface area contributed by atoms with E-state index in [9.17, 15) is 14.7 Å². The number of nitrogens with zero attached hydrogens (tertiary/aromatic N) is 3. The third-order valence-electron chi connectivity index (χ3n) is 5.42. The Hall–Kier alpha value is -1.37. The molecule has 0 radical (unpaired) electrons. The van der Waals surface area contributed by atoms with E-state index < -0.39 is 17.4 Å². The van der Waals surface area contributed by atoms with E-state index in [-0.39, 0.29) is 12.3 Å².